The molecule has 21 heavy (non-hydrogen) atoms. The molecule has 2 heterocycles. The van der Waals surface area contributed by atoms with Gasteiger partial charge >= 0.3 is 5.97 Å². The minimum atomic E-state index is -0.988. The van der Waals surface area contributed by atoms with Gasteiger partial charge in [-0.05, 0) is 36.8 Å². The van der Waals surface area contributed by atoms with E-state index >= 15 is 0 Å². The molecule has 1 unspecified atom stereocenters. The predicted octanol–water partition coefficient (Wildman–Crippen LogP) is 1.84. The van der Waals surface area contributed by atoms with E-state index in [0.29, 0.717) is 25.3 Å². The highest BCUT2D eigenvalue weighted by Gasteiger charge is 2.38. The highest BCUT2D eigenvalue weighted by atomic mass is 16.5. The topological polar surface area (TPSA) is 66.8 Å². The normalized spacial score (nSPS) is 28.2. The van der Waals surface area contributed by atoms with Crippen LogP contribution in [0.2, 0.25) is 0 Å². The Hall–Kier alpha value is -1.88. The van der Waals surface area contributed by atoms with Crippen molar-refractivity contribution in [3.8, 4) is 0 Å². The minimum Gasteiger partial charge on any atom is -0.479 e. The van der Waals surface area contributed by atoms with Crippen LogP contribution in [-0.4, -0.2) is 35.7 Å². The SMILES string of the molecule is CC1Cc2ccccc2N(C(=O)[C@@H]2CC[C@H](C(=O)O)O2)C1. The Morgan fingerprint density at radius 2 is 1.95 bits per heavy atom. The molecule has 0 aliphatic carbocycles. The molecule has 3 atom stereocenters. The van der Waals surface area contributed by atoms with E-state index in [1.54, 1.807) is 4.90 Å². The summed E-state index contributed by atoms with van der Waals surface area (Å²) in [5.41, 5.74) is 2.10. The zero-order valence-electron chi connectivity index (χ0n) is 12.0. The Morgan fingerprint density at radius 3 is 2.67 bits per heavy atom. The number of ether oxygens (including phenoxy) is 1. The number of carbonyl (C=O) groups is 2. The van der Waals surface area contributed by atoms with Gasteiger partial charge in [0.15, 0.2) is 6.10 Å². The number of benzene rings is 1. The quantitative estimate of drug-likeness (QED) is 0.902. The molecular weight excluding hydrogens is 270 g/mol. The molecule has 1 saturated heterocycles. The number of hydrogen-bond acceptors (Lipinski definition) is 3. The van der Waals surface area contributed by atoms with E-state index in [-0.39, 0.29) is 5.91 Å². The first-order chi connectivity index (χ1) is 10.1. The highest BCUT2D eigenvalue weighted by Crippen LogP contribution is 2.32. The van der Waals surface area contributed by atoms with Gasteiger partial charge in [0, 0.05) is 12.2 Å². The number of carbonyl (C=O) groups excluding carboxylic acids is 1. The summed E-state index contributed by atoms with van der Waals surface area (Å²) in [5.74, 6) is -0.712. The second-order valence-corrected chi connectivity index (χ2v) is 5.92. The molecule has 1 N–H and O–H groups in total. The van der Waals surface area contributed by atoms with E-state index < -0.39 is 18.2 Å². The van der Waals surface area contributed by atoms with Crippen LogP contribution in [0.25, 0.3) is 0 Å². The van der Waals surface area contributed by atoms with E-state index in [1.165, 1.54) is 0 Å². The van der Waals surface area contributed by atoms with Gasteiger partial charge in [-0.1, -0.05) is 25.1 Å². The van der Waals surface area contributed by atoms with Gasteiger partial charge in [0.2, 0.25) is 0 Å². The number of carboxylic acid groups (broad SMARTS) is 1. The number of aliphatic carboxylic acids is 1. The van der Waals surface area contributed by atoms with E-state index in [2.05, 4.69) is 6.92 Å². The molecule has 2 aliphatic heterocycles. The summed E-state index contributed by atoms with van der Waals surface area (Å²) in [4.78, 5) is 25.4. The van der Waals surface area contributed by atoms with Crippen LogP contribution >= 0.6 is 0 Å². The first-order valence-electron chi connectivity index (χ1n) is 7.34. The van der Waals surface area contributed by atoms with Gasteiger partial charge in [0.1, 0.15) is 6.10 Å². The third-order valence-corrected chi connectivity index (χ3v) is 4.18. The third-order valence-electron chi connectivity index (χ3n) is 4.18. The van der Waals surface area contributed by atoms with Gasteiger partial charge < -0.3 is 14.7 Å². The summed E-state index contributed by atoms with van der Waals surface area (Å²) < 4.78 is 5.40. The van der Waals surface area contributed by atoms with E-state index in [0.717, 1.165) is 17.7 Å². The maximum atomic E-state index is 12.7. The summed E-state index contributed by atoms with van der Waals surface area (Å²) >= 11 is 0. The number of anilines is 1. The van der Waals surface area contributed by atoms with E-state index in [9.17, 15) is 9.59 Å². The monoisotopic (exact) mass is 289 g/mol. The van der Waals surface area contributed by atoms with Crippen molar-refractivity contribution in [3.63, 3.8) is 0 Å². The Bertz CT molecular complexity index is 571. The molecule has 0 bridgehead atoms. The minimum absolute atomic E-state index is 0.113. The fourth-order valence-corrected chi connectivity index (χ4v) is 3.18. The molecule has 5 heteroatoms. The molecule has 0 spiro atoms. The van der Waals surface area contributed by atoms with Gasteiger partial charge in [-0.3, -0.25) is 4.79 Å². The Kier molecular flexibility index (Phi) is 3.68. The lowest BCUT2D eigenvalue weighted by Crippen LogP contribution is -2.44. The van der Waals surface area contributed by atoms with Crippen LogP contribution in [0, 0.1) is 5.92 Å². The maximum Gasteiger partial charge on any atom is 0.332 e. The molecular formula is C16H19NO4. The number of hydrogen-bond donors (Lipinski definition) is 1. The summed E-state index contributed by atoms with van der Waals surface area (Å²) in [6.07, 6.45) is 0.351. The molecule has 2 aliphatic rings. The summed E-state index contributed by atoms with van der Waals surface area (Å²) in [6.45, 7) is 2.78. The van der Waals surface area contributed by atoms with Crippen LogP contribution in [0.3, 0.4) is 0 Å². The fraction of sp³-hybridized carbons (Fsp3) is 0.500. The first-order valence-corrected chi connectivity index (χ1v) is 7.34. The lowest BCUT2D eigenvalue weighted by atomic mass is 9.93. The number of nitrogens with zero attached hydrogens (tertiary/aromatic N) is 1. The van der Waals surface area contributed by atoms with Gasteiger partial charge in [0.05, 0.1) is 0 Å². The van der Waals surface area contributed by atoms with Crippen molar-refractivity contribution in [1.29, 1.82) is 0 Å². The molecule has 0 aromatic heterocycles. The molecule has 1 aromatic carbocycles. The number of rotatable bonds is 2. The largest absolute Gasteiger partial charge is 0.479 e. The van der Waals surface area contributed by atoms with Crippen molar-refractivity contribution in [2.75, 3.05) is 11.4 Å². The van der Waals surface area contributed by atoms with E-state index in [4.69, 9.17) is 9.84 Å². The standard InChI is InChI=1S/C16H19NO4/c1-10-8-11-4-2-3-5-12(11)17(9-10)15(18)13-6-7-14(21-13)16(19)20/h2-5,10,13-14H,6-9H2,1H3,(H,19,20)/t10?,13-,14+/m0/s1. The van der Waals surface area contributed by atoms with Crippen LogP contribution in [0.1, 0.15) is 25.3 Å². The van der Waals surface area contributed by atoms with Gasteiger partial charge in [-0.2, -0.15) is 0 Å². The molecule has 3 rings (SSSR count). The smallest absolute Gasteiger partial charge is 0.332 e. The summed E-state index contributed by atoms with van der Waals surface area (Å²) in [5, 5.41) is 8.97. The van der Waals surface area contributed by atoms with Crippen LogP contribution in [0.15, 0.2) is 24.3 Å². The number of amides is 1. The van der Waals surface area contributed by atoms with Crippen molar-refractivity contribution < 1.29 is 19.4 Å². The summed E-state index contributed by atoms with van der Waals surface area (Å²) in [6, 6.07) is 7.89. The van der Waals surface area contributed by atoms with Crippen molar-refractivity contribution in [2.24, 2.45) is 5.92 Å². The van der Waals surface area contributed by atoms with Gasteiger partial charge in [-0.25, -0.2) is 4.79 Å². The zero-order chi connectivity index (χ0) is 15.0. The first kappa shape index (κ1) is 14.1. The van der Waals surface area contributed by atoms with Crippen LogP contribution < -0.4 is 4.90 Å². The van der Waals surface area contributed by atoms with Crippen molar-refractivity contribution >= 4 is 17.6 Å². The number of para-hydroxylation sites is 1. The lowest BCUT2D eigenvalue weighted by Gasteiger charge is -2.34. The molecule has 1 aromatic rings. The van der Waals surface area contributed by atoms with Crippen LogP contribution in [0.5, 0.6) is 0 Å². The van der Waals surface area contributed by atoms with Crippen molar-refractivity contribution in [1.82, 2.24) is 0 Å². The number of carboxylic acids is 1. The van der Waals surface area contributed by atoms with Crippen LogP contribution in [0.4, 0.5) is 5.69 Å². The summed E-state index contributed by atoms with van der Waals surface area (Å²) in [7, 11) is 0. The number of fused-ring (bicyclic) bond motifs is 1. The molecule has 0 saturated carbocycles. The second kappa shape index (κ2) is 5.48. The van der Waals surface area contributed by atoms with Crippen LogP contribution in [-0.2, 0) is 20.7 Å². The average molecular weight is 289 g/mol. The van der Waals surface area contributed by atoms with Crippen molar-refractivity contribution in [2.45, 2.75) is 38.4 Å². The van der Waals surface area contributed by atoms with E-state index in [1.807, 2.05) is 24.3 Å². The average Bonchev–Trinajstić information content (AvgIpc) is 2.95. The predicted molar refractivity (Wildman–Crippen MR) is 77.2 cm³/mol. The van der Waals surface area contributed by atoms with Gasteiger partial charge in [-0.15, -0.1) is 0 Å². The van der Waals surface area contributed by atoms with Gasteiger partial charge in [0.25, 0.3) is 5.91 Å². The maximum absolute atomic E-state index is 12.7. The molecule has 1 amide bonds. The highest BCUT2D eigenvalue weighted by molar-refractivity contribution is 5.98. The Labute approximate surface area is 123 Å². The molecule has 0 radical (unpaired) electrons. The second-order valence-electron chi connectivity index (χ2n) is 5.92. The molecule has 5 nitrogen and oxygen atoms in total. The molecule has 1 fully saturated rings. The Morgan fingerprint density at radius 1 is 1.24 bits per heavy atom. The Balaban J connectivity index is 1.81. The fourth-order valence-electron chi connectivity index (χ4n) is 3.18. The lowest BCUT2D eigenvalue weighted by molar-refractivity contribution is -0.151. The zero-order valence-corrected chi connectivity index (χ0v) is 12.0. The van der Waals surface area contributed by atoms with Crippen molar-refractivity contribution in [3.05, 3.63) is 29.8 Å². The third kappa shape index (κ3) is 2.65. The molecule has 112 valence electrons.